The van der Waals surface area contributed by atoms with Crippen molar-refractivity contribution in [3.63, 3.8) is 0 Å². The van der Waals surface area contributed by atoms with Crippen LogP contribution in [0.1, 0.15) is 6.92 Å². The molecule has 0 radical (unpaired) electrons. The average molecular weight is 564 g/mol. The number of aliphatic hydroxyl groups excluding tert-OH is 6. The van der Waals surface area contributed by atoms with Crippen LogP contribution < -0.4 is 14.9 Å². The van der Waals surface area contributed by atoms with Gasteiger partial charge in [-0.1, -0.05) is 0 Å². The SMILES string of the molecule is CC1O[C@@H](Oc2c(-c3ccc(O)cc3)oc3cc(O[C@@H]4OC[C@@H](O)[C@H](O)C4O)cc(O)c3c2=O)[C@@H](O)C(O)[C@H]1O. The highest BCUT2D eigenvalue weighted by atomic mass is 16.7. The molecule has 2 aliphatic heterocycles. The summed E-state index contributed by atoms with van der Waals surface area (Å²) in [7, 11) is 0. The first kappa shape index (κ1) is 28.1. The molecule has 8 N–H and O–H groups in total. The Morgan fingerprint density at radius 3 is 2.20 bits per heavy atom. The quantitative estimate of drug-likeness (QED) is 0.184. The van der Waals surface area contributed by atoms with Crippen molar-refractivity contribution in [1.29, 1.82) is 0 Å². The molecule has 216 valence electrons. The number of ether oxygens (including phenoxy) is 4. The smallest absolute Gasteiger partial charge is 0.239 e. The number of hydrogen-bond donors (Lipinski definition) is 8. The molecular weight excluding hydrogens is 536 g/mol. The Bertz CT molecular complexity index is 1420. The van der Waals surface area contributed by atoms with Gasteiger partial charge in [0.05, 0.1) is 12.7 Å². The highest BCUT2D eigenvalue weighted by molar-refractivity contribution is 5.88. The van der Waals surface area contributed by atoms with Crippen LogP contribution in [-0.2, 0) is 9.47 Å². The maximum absolute atomic E-state index is 13.6. The van der Waals surface area contributed by atoms with Gasteiger partial charge in [-0.15, -0.1) is 0 Å². The fraction of sp³-hybridized carbons (Fsp3) is 0.423. The predicted molar refractivity (Wildman–Crippen MR) is 133 cm³/mol. The number of rotatable bonds is 5. The van der Waals surface area contributed by atoms with Gasteiger partial charge >= 0.3 is 0 Å². The minimum absolute atomic E-state index is 0.0852. The molecule has 3 unspecified atom stereocenters. The van der Waals surface area contributed by atoms with Crippen molar-refractivity contribution in [3.8, 4) is 34.3 Å². The van der Waals surface area contributed by atoms with Crippen LogP contribution >= 0.6 is 0 Å². The summed E-state index contributed by atoms with van der Waals surface area (Å²) >= 11 is 0. The maximum Gasteiger partial charge on any atom is 0.239 e. The van der Waals surface area contributed by atoms with Gasteiger partial charge in [-0.25, -0.2) is 0 Å². The number of phenols is 2. The first-order chi connectivity index (χ1) is 19.0. The van der Waals surface area contributed by atoms with E-state index in [0.717, 1.165) is 6.07 Å². The summed E-state index contributed by atoms with van der Waals surface area (Å²) in [6.45, 7) is 1.10. The predicted octanol–water partition coefficient (Wildman–Crippen LogP) is -1.10. The molecule has 3 aromatic rings. The lowest BCUT2D eigenvalue weighted by Gasteiger charge is -2.38. The van der Waals surface area contributed by atoms with Gasteiger partial charge in [0.25, 0.3) is 0 Å². The van der Waals surface area contributed by atoms with Gasteiger partial charge in [0.1, 0.15) is 64.8 Å². The zero-order valence-electron chi connectivity index (χ0n) is 20.9. The molecule has 14 heteroatoms. The van der Waals surface area contributed by atoms with Crippen molar-refractivity contribution in [2.75, 3.05) is 6.61 Å². The molecule has 2 saturated heterocycles. The second-order valence-electron chi connectivity index (χ2n) is 9.62. The van der Waals surface area contributed by atoms with Crippen molar-refractivity contribution in [2.24, 2.45) is 0 Å². The fourth-order valence-electron chi connectivity index (χ4n) is 4.48. The molecule has 2 aliphatic rings. The summed E-state index contributed by atoms with van der Waals surface area (Å²) in [5.41, 5.74) is -0.861. The van der Waals surface area contributed by atoms with Crippen LogP contribution in [0.3, 0.4) is 0 Å². The highest BCUT2D eigenvalue weighted by Crippen LogP contribution is 2.38. The number of aromatic hydroxyl groups is 2. The average Bonchev–Trinajstić information content (AvgIpc) is 2.92. The van der Waals surface area contributed by atoms with E-state index in [9.17, 15) is 45.6 Å². The standard InChI is InChI=1S/C26H28O14/c1-9-17(30)20(33)22(35)26(37-9)40-24-19(32)16-13(28)6-12(38-25-21(34)18(31)14(29)8-36-25)7-15(16)39-23(24)10-2-4-11(27)5-3-10/h2-7,9,14,17-18,20-22,25-31,33-35H,8H2,1H3/t9?,14-,17+,18+,20?,21?,22+,25+,26+/m1/s1. The van der Waals surface area contributed by atoms with Crippen LogP contribution in [0.15, 0.2) is 45.6 Å². The number of aliphatic hydroxyl groups is 6. The molecule has 14 nitrogen and oxygen atoms in total. The molecule has 1 aromatic heterocycles. The highest BCUT2D eigenvalue weighted by Gasteiger charge is 2.44. The number of hydrogen-bond acceptors (Lipinski definition) is 14. The number of fused-ring (bicyclic) bond motifs is 1. The van der Waals surface area contributed by atoms with E-state index in [1.807, 2.05) is 0 Å². The second-order valence-corrected chi connectivity index (χ2v) is 9.62. The Balaban J connectivity index is 1.58. The Labute approximate surface area is 225 Å². The van der Waals surface area contributed by atoms with E-state index in [4.69, 9.17) is 23.4 Å². The minimum Gasteiger partial charge on any atom is -0.508 e. The lowest BCUT2D eigenvalue weighted by atomic mass is 10.00. The van der Waals surface area contributed by atoms with E-state index in [1.54, 1.807) is 0 Å². The molecule has 0 saturated carbocycles. The first-order valence-corrected chi connectivity index (χ1v) is 12.3. The van der Waals surface area contributed by atoms with Crippen molar-refractivity contribution in [2.45, 2.75) is 62.2 Å². The zero-order valence-corrected chi connectivity index (χ0v) is 20.9. The summed E-state index contributed by atoms with van der Waals surface area (Å²) in [6.07, 6.45) is -13.3. The van der Waals surface area contributed by atoms with Gasteiger partial charge in [0, 0.05) is 17.7 Å². The number of phenolic OH excluding ortho intramolecular Hbond substituents is 2. The monoisotopic (exact) mass is 564 g/mol. The first-order valence-electron chi connectivity index (χ1n) is 12.3. The summed E-state index contributed by atoms with van der Waals surface area (Å²) in [6, 6.07) is 7.69. The Kier molecular flexibility index (Phi) is 7.60. The molecule has 40 heavy (non-hydrogen) atoms. The second kappa shape index (κ2) is 10.8. The van der Waals surface area contributed by atoms with E-state index in [0.29, 0.717) is 0 Å². The Morgan fingerprint density at radius 1 is 0.825 bits per heavy atom. The fourth-order valence-corrected chi connectivity index (χ4v) is 4.48. The van der Waals surface area contributed by atoms with Crippen molar-refractivity contribution in [3.05, 3.63) is 46.6 Å². The lowest BCUT2D eigenvalue weighted by molar-refractivity contribution is -0.268. The largest absolute Gasteiger partial charge is 0.508 e. The third-order valence-electron chi connectivity index (χ3n) is 6.78. The van der Waals surface area contributed by atoms with Crippen LogP contribution in [-0.4, -0.2) is 103 Å². The van der Waals surface area contributed by atoms with Gasteiger partial charge in [-0.3, -0.25) is 4.79 Å². The van der Waals surface area contributed by atoms with Gasteiger partial charge in [-0.2, -0.15) is 0 Å². The van der Waals surface area contributed by atoms with Crippen molar-refractivity contribution >= 4 is 11.0 Å². The molecule has 3 heterocycles. The molecule has 2 fully saturated rings. The van der Waals surface area contributed by atoms with E-state index < -0.39 is 72.2 Å². The van der Waals surface area contributed by atoms with Gasteiger partial charge < -0.3 is 64.2 Å². The van der Waals surface area contributed by atoms with Crippen LogP contribution in [0.2, 0.25) is 0 Å². The van der Waals surface area contributed by atoms with E-state index in [2.05, 4.69) is 0 Å². The van der Waals surface area contributed by atoms with E-state index in [-0.39, 0.29) is 40.4 Å². The molecule has 2 aromatic carbocycles. The van der Waals surface area contributed by atoms with Crippen LogP contribution in [0.4, 0.5) is 0 Å². The number of benzene rings is 2. The lowest BCUT2D eigenvalue weighted by Crippen LogP contribution is -2.58. The zero-order chi connectivity index (χ0) is 28.9. The Morgan fingerprint density at radius 2 is 1.50 bits per heavy atom. The normalized spacial score (nSPS) is 32.6. The summed E-state index contributed by atoms with van der Waals surface area (Å²) in [5, 5.41) is 80.5. The molecule has 5 rings (SSSR count). The van der Waals surface area contributed by atoms with Crippen LogP contribution in [0.5, 0.6) is 23.0 Å². The third kappa shape index (κ3) is 5.07. The van der Waals surface area contributed by atoms with Crippen LogP contribution in [0, 0.1) is 0 Å². The molecular formula is C26H28O14. The molecule has 9 atom stereocenters. The Hall–Kier alpha value is -3.47. The van der Waals surface area contributed by atoms with E-state index in [1.165, 1.54) is 37.3 Å². The molecule has 0 bridgehead atoms. The van der Waals surface area contributed by atoms with Gasteiger partial charge in [0.2, 0.25) is 23.8 Å². The minimum atomic E-state index is -1.76. The maximum atomic E-state index is 13.6. The van der Waals surface area contributed by atoms with Crippen molar-refractivity contribution in [1.82, 2.24) is 0 Å². The van der Waals surface area contributed by atoms with Crippen molar-refractivity contribution < 1.29 is 64.2 Å². The van der Waals surface area contributed by atoms with Gasteiger partial charge in [-0.05, 0) is 31.2 Å². The van der Waals surface area contributed by atoms with E-state index >= 15 is 0 Å². The van der Waals surface area contributed by atoms with Crippen LogP contribution in [0.25, 0.3) is 22.3 Å². The topological polar surface area (TPSA) is 229 Å². The summed E-state index contributed by atoms with van der Waals surface area (Å²) < 4.78 is 27.9. The van der Waals surface area contributed by atoms with Gasteiger partial charge in [0.15, 0.2) is 5.76 Å². The molecule has 0 amide bonds. The summed E-state index contributed by atoms with van der Waals surface area (Å²) in [4.78, 5) is 13.6. The summed E-state index contributed by atoms with van der Waals surface area (Å²) in [5.74, 6) is -1.54. The third-order valence-corrected chi connectivity index (χ3v) is 6.78. The molecule has 0 aliphatic carbocycles. The molecule has 0 spiro atoms.